The SMILES string of the molecule is CCCC1CCN(CCC2CCCC2NCC)C1. The normalized spacial score (nSPS) is 33.3. The van der Waals surface area contributed by atoms with E-state index < -0.39 is 0 Å². The summed E-state index contributed by atoms with van der Waals surface area (Å²) in [5, 5.41) is 3.68. The lowest BCUT2D eigenvalue weighted by Crippen LogP contribution is -2.34. The van der Waals surface area contributed by atoms with Gasteiger partial charge in [-0.25, -0.2) is 0 Å². The molecule has 2 rings (SSSR count). The fourth-order valence-electron chi connectivity index (χ4n) is 4.02. The number of hydrogen-bond donors (Lipinski definition) is 1. The van der Waals surface area contributed by atoms with Gasteiger partial charge >= 0.3 is 0 Å². The maximum atomic E-state index is 3.68. The minimum atomic E-state index is 0.823. The average Bonchev–Trinajstić information content (AvgIpc) is 2.97. The van der Waals surface area contributed by atoms with Crippen molar-refractivity contribution in [1.82, 2.24) is 10.2 Å². The molecule has 1 aliphatic heterocycles. The topological polar surface area (TPSA) is 15.3 Å². The summed E-state index contributed by atoms with van der Waals surface area (Å²) < 4.78 is 0. The predicted molar refractivity (Wildman–Crippen MR) is 78.9 cm³/mol. The van der Waals surface area contributed by atoms with Crippen molar-refractivity contribution >= 4 is 0 Å². The van der Waals surface area contributed by atoms with E-state index in [1.54, 1.807) is 0 Å². The molecule has 0 amide bonds. The quantitative estimate of drug-likeness (QED) is 0.748. The first-order valence-corrected chi connectivity index (χ1v) is 8.29. The smallest absolute Gasteiger partial charge is 0.00956 e. The summed E-state index contributed by atoms with van der Waals surface area (Å²) in [7, 11) is 0. The molecule has 1 heterocycles. The van der Waals surface area contributed by atoms with Gasteiger partial charge in [-0.3, -0.25) is 0 Å². The highest BCUT2D eigenvalue weighted by Gasteiger charge is 2.28. The Hall–Kier alpha value is -0.0800. The third-order valence-corrected chi connectivity index (χ3v) is 5.01. The average molecular weight is 252 g/mol. The van der Waals surface area contributed by atoms with E-state index in [4.69, 9.17) is 0 Å². The molecule has 0 aromatic rings. The molecular formula is C16H32N2. The molecule has 0 radical (unpaired) electrons. The van der Waals surface area contributed by atoms with Crippen LogP contribution in [-0.4, -0.2) is 37.1 Å². The van der Waals surface area contributed by atoms with Crippen molar-refractivity contribution in [3.8, 4) is 0 Å². The van der Waals surface area contributed by atoms with E-state index in [0.29, 0.717) is 0 Å². The van der Waals surface area contributed by atoms with Crippen LogP contribution in [0.1, 0.15) is 58.8 Å². The van der Waals surface area contributed by atoms with Crippen LogP contribution in [-0.2, 0) is 0 Å². The third-order valence-electron chi connectivity index (χ3n) is 5.01. The molecule has 1 N–H and O–H groups in total. The molecule has 0 spiro atoms. The maximum absolute atomic E-state index is 3.68. The van der Waals surface area contributed by atoms with Gasteiger partial charge in [0.25, 0.3) is 0 Å². The third kappa shape index (κ3) is 3.96. The highest BCUT2D eigenvalue weighted by molar-refractivity contribution is 4.84. The van der Waals surface area contributed by atoms with Crippen LogP contribution in [0.15, 0.2) is 0 Å². The molecular weight excluding hydrogens is 220 g/mol. The van der Waals surface area contributed by atoms with E-state index in [0.717, 1.165) is 24.4 Å². The lowest BCUT2D eigenvalue weighted by Gasteiger charge is -2.23. The zero-order chi connectivity index (χ0) is 12.8. The Morgan fingerprint density at radius 1 is 1.11 bits per heavy atom. The van der Waals surface area contributed by atoms with Crippen molar-refractivity contribution in [2.24, 2.45) is 11.8 Å². The van der Waals surface area contributed by atoms with Gasteiger partial charge in [0.15, 0.2) is 0 Å². The van der Waals surface area contributed by atoms with Gasteiger partial charge in [-0.05, 0) is 63.6 Å². The van der Waals surface area contributed by atoms with Gasteiger partial charge in [-0.1, -0.05) is 26.7 Å². The van der Waals surface area contributed by atoms with Crippen LogP contribution in [0.3, 0.4) is 0 Å². The second-order valence-electron chi connectivity index (χ2n) is 6.39. The molecule has 0 bridgehead atoms. The van der Waals surface area contributed by atoms with Gasteiger partial charge in [0.1, 0.15) is 0 Å². The van der Waals surface area contributed by atoms with E-state index in [9.17, 15) is 0 Å². The van der Waals surface area contributed by atoms with Crippen molar-refractivity contribution in [3.63, 3.8) is 0 Å². The van der Waals surface area contributed by atoms with Crippen molar-refractivity contribution in [2.75, 3.05) is 26.2 Å². The Labute approximate surface area is 114 Å². The fourth-order valence-corrected chi connectivity index (χ4v) is 4.02. The van der Waals surface area contributed by atoms with Crippen LogP contribution < -0.4 is 5.32 Å². The van der Waals surface area contributed by atoms with Gasteiger partial charge in [-0.2, -0.15) is 0 Å². The van der Waals surface area contributed by atoms with Crippen molar-refractivity contribution < 1.29 is 0 Å². The summed E-state index contributed by atoms with van der Waals surface area (Å²) in [5.74, 6) is 1.96. The molecule has 1 saturated carbocycles. The Balaban J connectivity index is 1.65. The lowest BCUT2D eigenvalue weighted by atomic mass is 9.99. The minimum absolute atomic E-state index is 0.823. The van der Waals surface area contributed by atoms with E-state index in [1.807, 2.05) is 0 Å². The summed E-state index contributed by atoms with van der Waals surface area (Å²) in [5.41, 5.74) is 0. The van der Waals surface area contributed by atoms with Gasteiger partial charge < -0.3 is 10.2 Å². The molecule has 3 atom stereocenters. The zero-order valence-electron chi connectivity index (χ0n) is 12.5. The minimum Gasteiger partial charge on any atom is -0.314 e. The van der Waals surface area contributed by atoms with Crippen molar-refractivity contribution in [1.29, 1.82) is 0 Å². The Bertz CT molecular complexity index is 229. The summed E-state index contributed by atoms with van der Waals surface area (Å²) >= 11 is 0. The molecule has 18 heavy (non-hydrogen) atoms. The van der Waals surface area contributed by atoms with Crippen molar-refractivity contribution in [2.45, 2.75) is 64.8 Å². The number of rotatable bonds is 7. The Morgan fingerprint density at radius 3 is 2.78 bits per heavy atom. The van der Waals surface area contributed by atoms with Crippen LogP contribution in [0.2, 0.25) is 0 Å². The number of hydrogen-bond acceptors (Lipinski definition) is 2. The first-order chi connectivity index (χ1) is 8.83. The first-order valence-electron chi connectivity index (χ1n) is 8.29. The summed E-state index contributed by atoms with van der Waals surface area (Å²) in [6.07, 6.45) is 10.0. The fraction of sp³-hybridized carbons (Fsp3) is 1.00. The van der Waals surface area contributed by atoms with E-state index >= 15 is 0 Å². The highest BCUT2D eigenvalue weighted by Crippen LogP contribution is 2.29. The molecule has 0 aromatic carbocycles. The highest BCUT2D eigenvalue weighted by atomic mass is 15.1. The number of nitrogens with one attached hydrogen (secondary N) is 1. The van der Waals surface area contributed by atoms with E-state index in [1.165, 1.54) is 64.6 Å². The number of nitrogens with zero attached hydrogens (tertiary/aromatic N) is 1. The molecule has 0 aromatic heterocycles. The molecule has 1 aliphatic carbocycles. The summed E-state index contributed by atoms with van der Waals surface area (Å²) in [4.78, 5) is 2.72. The molecule has 106 valence electrons. The summed E-state index contributed by atoms with van der Waals surface area (Å²) in [6, 6.07) is 0.823. The molecule has 2 heteroatoms. The van der Waals surface area contributed by atoms with Gasteiger partial charge in [-0.15, -0.1) is 0 Å². The Kier molecular flexibility index (Phi) is 5.97. The van der Waals surface area contributed by atoms with E-state index in [2.05, 4.69) is 24.1 Å². The lowest BCUT2D eigenvalue weighted by molar-refractivity contribution is 0.273. The summed E-state index contributed by atoms with van der Waals surface area (Å²) in [6.45, 7) is 9.80. The van der Waals surface area contributed by atoms with Crippen LogP contribution in [0, 0.1) is 11.8 Å². The standard InChI is InChI=1S/C16H32N2/c1-3-6-14-9-11-18(13-14)12-10-15-7-5-8-16(15)17-4-2/h14-17H,3-13H2,1-2H3. The second kappa shape index (κ2) is 7.49. The maximum Gasteiger partial charge on any atom is 0.00956 e. The van der Waals surface area contributed by atoms with Gasteiger partial charge in [0, 0.05) is 12.6 Å². The molecule has 2 nitrogen and oxygen atoms in total. The van der Waals surface area contributed by atoms with Gasteiger partial charge in [0.05, 0.1) is 0 Å². The monoisotopic (exact) mass is 252 g/mol. The van der Waals surface area contributed by atoms with Crippen molar-refractivity contribution in [3.05, 3.63) is 0 Å². The largest absolute Gasteiger partial charge is 0.314 e. The first kappa shape index (κ1) is 14.3. The van der Waals surface area contributed by atoms with Crippen LogP contribution in [0.4, 0.5) is 0 Å². The Morgan fingerprint density at radius 2 is 2.00 bits per heavy atom. The molecule has 3 unspecified atom stereocenters. The van der Waals surface area contributed by atoms with Crippen LogP contribution in [0.25, 0.3) is 0 Å². The van der Waals surface area contributed by atoms with Crippen LogP contribution in [0.5, 0.6) is 0 Å². The second-order valence-corrected chi connectivity index (χ2v) is 6.39. The van der Waals surface area contributed by atoms with Crippen LogP contribution >= 0.6 is 0 Å². The van der Waals surface area contributed by atoms with Gasteiger partial charge in [0.2, 0.25) is 0 Å². The molecule has 2 fully saturated rings. The zero-order valence-corrected chi connectivity index (χ0v) is 12.5. The predicted octanol–water partition coefficient (Wildman–Crippen LogP) is 3.28. The molecule has 1 saturated heterocycles. The van der Waals surface area contributed by atoms with E-state index in [-0.39, 0.29) is 0 Å². The molecule has 2 aliphatic rings. The number of likely N-dealkylation sites (tertiary alicyclic amines) is 1.